The van der Waals surface area contributed by atoms with Gasteiger partial charge < -0.3 is 15.4 Å². The monoisotopic (exact) mass is 307 g/mol. The van der Waals surface area contributed by atoms with E-state index in [0.717, 1.165) is 41.3 Å². The van der Waals surface area contributed by atoms with Gasteiger partial charge in [-0.2, -0.15) is 0 Å². The van der Waals surface area contributed by atoms with E-state index in [-0.39, 0.29) is 12.1 Å². The highest BCUT2D eigenvalue weighted by Crippen LogP contribution is 2.22. The van der Waals surface area contributed by atoms with E-state index in [4.69, 9.17) is 0 Å². The molecule has 0 aliphatic heterocycles. The molecule has 1 aromatic carbocycles. The molecular weight excluding hydrogens is 282 g/mol. The van der Waals surface area contributed by atoms with E-state index in [9.17, 15) is 5.11 Å². The molecule has 0 aliphatic rings. The molecular formula is C16H25N3OS. The molecule has 1 aromatic heterocycles. The Labute approximate surface area is 130 Å². The Bertz CT molecular complexity index is 584. The maximum atomic E-state index is 9.47. The summed E-state index contributed by atoms with van der Waals surface area (Å²) in [6.45, 7) is 7.29. The Balaban J connectivity index is 1.85. The quantitative estimate of drug-likeness (QED) is 0.518. The highest BCUT2D eigenvalue weighted by atomic mass is 32.2. The number of nitrogens with zero attached hydrogens (tertiary/aromatic N) is 1. The first kappa shape index (κ1) is 16.3. The largest absolute Gasteiger partial charge is 0.394 e. The molecule has 4 nitrogen and oxygen atoms in total. The number of aromatic nitrogens is 2. The fourth-order valence-corrected chi connectivity index (χ4v) is 3.28. The Hall–Kier alpha value is -1.04. The fourth-order valence-electron chi connectivity index (χ4n) is 2.45. The summed E-state index contributed by atoms with van der Waals surface area (Å²) in [5.41, 5.74) is 3.20. The molecule has 1 atom stereocenters. The second-order valence-corrected chi connectivity index (χ2v) is 6.85. The van der Waals surface area contributed by atoms with Gasteiger partial charge in [0.2, 0.25) is 0 Å². The molecule has 0 spiro atoms. The van der Waals surface area contributed by atoms with Crippen LogP contribution < -0.4 is 5.32 Å². The normalized spacial score (nSPS) is 14.5. The van der Waals surface area contributed by atoms with Crippen molar-refractivity contribution in [2.45, 2.75) is 44.3 Å². The van der Waals surface area contributed by atoms with Gasteiger partial charge in [0.05, 0.1) is 17.6 Å². The number of aliphatic hydroxyl groups excluding tert-OH is 1. The van der Waals surface area contributed by atoms with Crippen LogP contribution in [0.3, 0.4) is 0 Å². The summed E-state index contributed by atoms with van der Waals surface area (Å²) in [5, 5.41) is 13.8. The number of aryl methyl sites for hydroxylation is 1. The van der Waals surface area contributed by atoms with Crippen molar-refractivity contribution in [2.75, 3.05) is 18.9 Å². The SMILES string of the molecule is CCNC(C)(CO)CCCSc1nc2ccc(C)cc2[nH]1. The predicted octanol–water partition coefficient (Wildman–Crippen LogP) is 3.10. The molecule has 5 heteroatoms. The minimum Gasteiger partial charge on any atom is -0.394 e. The molecule has 0 saturated heterocycles. The van der Waals surface area contributed by atoms with E-state index in [1.54, 1.807) is 11.8 Å². The molecule has 3 N–H and O–H groups in total. The fraction of sp³-hybridized carbons (Fsp3) is 0.562. The zero-order valence-electron chi connectivity index (χ0n) is 13.1. The Kier molecular flexibility index (Phi) is 5.67. The number of nitrogens with one attached hydrogen (secondary N) is 2. The van der Waals surface area contributed by atoms with Gasteiger partial charge in [-0.15, -0.1) is 0 Å². The average Bonchev–Trinajstić information content (AvgIpc) is 2.86. The van der Waals surface area contributed by atoms with Gasteiger partial charge in [-0.05, 0) is 50.9 Å². The van der Waals surface area contributed by atoms with Crippen LogP contribution in [0.5, 0.6) is 0 Å². The average molecular weight is 307 g/mol. The van der Waals surface area contributed by atoms with Crippen molar-refractivity contribution in [1.29, 1.82) is 0 Å². The molecule has 1 heterocycles. The van der Waals surface area contributed by atoms with Crippen LogP contribution in [-0.2, 0) is 0 Å². The second-order valence-electron chi connectivity index (χ2n) is 5.76. The van der Waals surface area contributed by atoms with Crippen molar-refractivity contribution >= 4 is 22.8 Å². The highest BCUT2D eigenvalue weighted by molar-refractivity contribution is 7.99. The van der Waals surface area contributed by atoms with Crippen molar-refractivity contribution in [3.05, 3.63) is 23.8 Å². The van der Waals surface area contributed by atoms with Crippen LogP contribution in [0, 0.1) is 6.92 Å². The summed E-state index contributed by atoms with van der Waals surface area (Å²) in [7, 11) is 0. The molecule has 0 bridgehead atoms. The maximum absolute atomic E-state index is 9.47. The van der Waals surface area contributed by atoms with Crippen molar-refractivity contribution in [1.82, 2.24) is 15.3 Å². The molecule has 21 heavy (non-hydrogen) atoms. The van der Waals surface area contributed by atoms with Gasteiger partial charge in [-0.25, -0.2) is 4.98 Å². The smallest absolute Gasteiger partial charge is 0.166 e. The van der Waals surface area contributed by atoms with Gasteiger partial charge in [-0.3, -0.25) is 0 Å². The number of likely N-dealkylation sites (N-methyl/N-ethyl adjacent to an activating group) is 1. The van der Waals surface area contributed by atoms with E-state index in [0.29, 0.717) is 0 Å². The third-order valence-corrected chi connectivity index (χ3v) is 4.64. The topological polar surface area (TPSA) is 60.9 Å². The molecule has 0 aliphatic carbocycles. The summed E-state index contributed by atoms with van der Waals surface area (Å²) in [5.74, 6) is 1.000. The van der Waals surface area contributed by atoms with Crippen LogP contribution in [0.25, 0.3) is 11.0 Å². The van der Waals surface area contributed by atoms with E-state index in [1.165, 1.54) is 5.56 Å². The lowest BCUT2D eigenvalue weighted by atomic mass is 9.97. The van der Waals surface area contributed by atoms with Gasteiger partial charge in [-0.1, -0.05) is 24.8 Å². The van der Waals surface area contributed by atoms with Gasteiger partial charge in [0.15, 0.2) is 5.16 Å². The Morgan fingerprint density at radius 3 is 2.95 bits per heavy atom. The van der Waals surface area contributed by atoms with Gasteiger partial charge in [0.1, 0.15) is 0 Å². The predicted molar refractivity (Wildman–Crippen MR) is 90.0 cm³/mol. The first-order valence-corrected chi connectivity index (χ1v) is 8.50. The number of fused-ring (bicyclic) bond motifs is 1. The molecule has 0 fully saturated rings. The van der Waals surface area contributed by atoms with Crippen molar-refractivity contribution in [3.8, 4) is 0 Å². The molecule has 116 valence electrons. The van der Waals surface area contributed by atoms with E-state index >= 15 is 0 Å². The van der Waals surface area contributed by atoms with E-state index in [2.05, 4.69) is 54.3 Å². The highest BCUT2D eigenvalue weighted by Gasteiger charge is 2.20. The number of imidazole rings is 1. The Morgan fingerprint density at radius 2 is 2.24 bits per heavy atom. The summed E-state index contributed by atoms with van der Waals surface area (Å²) in [6.07, 6.45) is 2.01. The molecule has 0 amide bonds. The Morgan fingerprint density at radius 1 is 1.43 bits per heavy atom. The lowest BCUT2D eigenvalue weighted by Gasteiger charge is -2.28. The number of hydrogen-bond acceptors (Lipinski definition) is 4. The number of aromatic amines is 1. The van der Waals surface area contributed by atoms with Crippen LogP contribution in [-0.4, -0.2) is 39.5 Å². The lowest BCUT2D eigenvalue weighted by Crippen LogP contribution is -2.45. The summed E-state index contributed by atoms with van der Waals surface area (Å²) in [6, 6.07) is 6.26. The minimum atomic E-state index is -0.166. The summed E-state index contributed by atoms with van der Waals surface area (Å²) < 4.78 is 0. The second kappa shape index (κ2) is 7.29. The van der Waals surface area contributed by atoms with Crippen LogP contribution >= 0.6 is 11.8 Å². The first-order valence-electron chi connectivity index (χ1n) is 7.51. The van der Waals surface area contributed by atoms with Crippen LogP contribution in [0.15, 0.2) is 23.4 Å². The van der Waals surface area contributed by atoms with Crippen LogP contribution in [0.4, 0.5) is 0 Å². The third-order valence-electron chi connectivity index (χ3n) is 3.68. The lowest BCUT2D eigenvalue weighted by molar-refractivity contribution is 0.167. The minimum absolute atomic E-state index is 0.166. The molecule has 2 rings (SSSR count). The number of rotatable bonds is 8. The molecule has 0 saturated carbocycles. The first-order chi connectivity index (χ1) is 10.1. The zero-order valence-corrected chi connectivity index (χ0v) is 13.9. The molecule has 2 aromatic rings. The summed E-state index contributed by atoms with van der Waals surface area (Å²) in [4.78, 5) is 7.95. The van der Waals surface area contributed by atoms with Crippen molar-refractivity contribution < 1.29 is 5.11 Å². The van der Waals surface area contributed by atoms with Gasteiger partial charge in [0.25, 0.3) is 0 Å². The molecule has 1 unspecified atom stereocenters. The molecule has 0 radical (unpaired) electrons. The van der Waals surface area contributed by atoms with Crippen molar-refractivity contribution in [3.63, 3.8) is 0 Å². The standard InChI is InChI=1S/C16H25N3OS/c1-4-17-16(3,11-20)8-5-9-21-15-18-13-7-6-12(2)10-14(13)19-15/h6-7,10,17,20H,4-5,8-9,11H2,1-3H3,(H,18,19). The number of thioether (sulfide) groups is 1. The number of H-pyrrole nitrogens is 1. The van der Waals surface area contributed by atoms with Crippen LogP contribution in [0.2, 0.25) is 0 Å². The summed E-state index contributed by atoms with van der Waals surface area (Å²) >= 11 is 1.75. The zero-order chi connectivity index (χ0) is 15.3. The van der Waals surface area contributed by atoms with Crippen LogP contribution in [0.1, 0.15) is 32.3 Å². The van der Waals surface area contributed by atoms with E-state index in [1.807, 2.05) is 0 Å². The maximum Gasteiger partial charge on any atom is 0.166 e. The van der Waals surface area contributed by atoms with Gasteiger partial charge >= 0.3 is 0 Å². The third kappa shape index (κ3) is 4.46. The number of aliphatic hydroxyl groups is 1. The number of hydrogen-bond donors (Lipinski definition) is 3. The van der Waals surface area contributed by atoms with Gasteiger partial charge in [0, 0.05) is 11.3 Å². The number of benzene rings is 1. The van der Waals surface area contributed by atoms with Crippen molar-refractivity contribution in [2.24, 2.45) is 0 Å². The van der Waals surface area contributed by atoms with E-state index < -0.39 is 0 Å².